The molecule has 0 bridgehead atoms. The molecule has 0 spiro atoms. The fourth-order valence-electron chi connectivity index (χ4n) is 1.28. The second-order valence-electron chi connectivity index (χ2n) is 2.80. The summed E-state index contributed by atoms with van der Waals surface area (Å²) in [7, 11) is 0. The van der Waals surface area contributed by atoms with Crippen LogP contribution in [0.15, 0.2) is 16.7 Å². The first-order chi connectivity index (χ1) is 5.36. The number of aryl methyl sites for hydroxylation is 1. The van der Waals surface area contributed by atoms with Gasteiger partial charge in [0.1, 0.15) is 5.76 Å². The van der Waals surface area contributed by atoms with Crippen LogP contribution in [0.1, 0.15) is 23.8 Å². The van der Waals surface area contributed by atoms with E-state index in [9.17, 15) is 0 Å². The summed E-state index contributed by atoms with van der Waals surface area (Å²) in [5.41, 5.74) is 4.11. The number of rotatable bonds is 1. The van der Waals surface area contributed by atoms with Gasteiger partial charge in [-0.25, -0.2) is 0 Å². The molecule has 1 aliphatic heterocycles. The van der Waals surface area contributed by atoms with Gasteiger partial charge in [-0.15, -0.1) is 0 Å². The van der Waals surface area contributed by atoms with Crippen LogP contribution in [-0.2, 0) is 4.84 Å². The third-order valence-electron chi connectivity index (χ3n) is 1.89. The van der Waals surface area contributed by atoms with Crippen LogP contribution in [0.25, 0.3) is 0 Å². The summed E-state index contributed by atoms with van der Waals surface area (Å²) in [6.07, 6.45) is 2.81. The highest BCUT2D eigenvalue weighted by molar-refractivity contribution is 5.16. The van der Waals surface area contributed by atoms with E-state index in [2.05, 4.69) is 5.48 Å². The van der Waals surface area contributed by atoms with Crippen molar-refractivity contribution in [2.45, 2.75) is 19.4 Å². The summed E-state index contributed by atoms with van der Waals surface area (Å²) in [4.78, 5) is 5.03. The summed E-state index contributed by atoms with van der Waals surface area (Å²) in [6, 6.07) is 2.36. The molecule has 11 heavy (non-hydrogen) atoms. The average molecular weight is 153 g/mol. The van der Waals surface area contributed by atoms with Crippen LogP contribution in [-0.4, -0.2) is 6.61 Å². The zero-order valence-corrected chi connectivity index (χ0v) is 6.46. The molecular weight excluding hydrogens is 142 g/mol. The molecule has 0 amide bonds. The van der Waals surface area contributed by atoms with Crippen LogP contribution >= 0.6 is 0 Å². The molecule has 1 aliphatic rings. The lowest BCUT2D eigenvalue weighted by Crippen LogP contribution is -2.10. The molecule has 0 aliphatic carbocycles. The van der Waals surface area contributed by atoms with Gasteiger partial charge >= 0.3 is 0 Å². The standard InChI is InChI=1S/C8H11NO2/c1-6-4-7(5-10-6)8-2-3-11-9-8/h4-5,8-9H,2-3H2,1H3. The molecular formula is C8H11NO2. The molecule has 0 radical (unpaired) electrons. The van der Waals surface area contributed by atoms with Crippen LogP contribution in [0.5, 0.6) is 0 Å². The molecule has 3 nitrogen and oxygen atoms in total. The molecule has 0 saturated carbocycles. The van der Waals surface area contributed by atoms with Crippen LogP contribution in [0.3, 0.4) is 0 Å². The Morgan fingerprint density at radius 1 is 1.64 bits per heavy atom. The van der Waals surface area contributed by atoms with E-state index in [0.29, 0.717) is 6.04 Å². The van der Waals surface area contributed by atoms with Crippen LogP contribution < -0.4 is 5.48 Å². The first kappa shape index (κ1) is 6.88. The van der Waals surface area contributed by atoms with Crippen LogP contribution in [0, 0.1) is 6.92 Å². The Hall–Kier alpha value is -0.800. The van der Waals surface area contributed by atoms with Gasteiger partial charge in [0.25, 0.3) is 0 Å². The smallest absolute Gasteiger partial charge is 0.101 e. The van der Waals surface area contributed by atoms with Gasteiger partial charge < -0.3 is 9.25 Å². The second kappa shape index (κ2) is 2.68. The second-order valence-corrected chi connectivity index (χ2v) is 2.80. The molecule has 1 aromatic heterocycles. The summed E-state index contributed by atoms with van der Waals surface area (Å²) in [5.74, 6) is 0.953. The van der Waals surface area contributed by atoms with Gasteiger partial charge in [-0.2, -0.15) is 5.48 Å². The number of hydrogen-bond donors (Lipinski definition) is 1. The van der Waals surface area contributed by atoms with E-state index in [0.717, 1.165) is 18.8 Å². The van der Waals surface area contributed by atoms with Crippen molar-refractivity contribution in [3.8, 4) is 0 Å². The molecule has 3 heteroatoms. The summed E-state index contributed by atoms with van der Waals surface area (Å²) < 4.78 is 5.18. The molecule has 1 N–H and O–H groups in total. The third-order valence-corrected chi connectivity index (χ3v) is 1.89. The third kappa shape index (κ3) is 1.29. The van der Waals surface area contributed by atoms with E-state index >= 15 is 0 Å². The number of nitrogens with one attached hydrogen (secondary N) is 1. The van der Waals surface area contributed by atoms with Crippen molar-refractivity contribution in [2.24, 2.45) is 0 Å². The highest BCUT2D eigenvalue weighted by atomic mass is 16.7. The van der Waals surface area contributed by atoms with E-state index in [1.54, 1.807) is 6.26 Å². The van der Waals surface area contributed by atoms with E-state index in [-0.39, 0.29) is 0 Å². The molecule has 1 fully saturated rings. The zero-order valence-electron chi connectivity index (χ0n) is 6.46. The van der Waals surface area contributed by atoms with Crippen molar-refractivity contribution in [3.05, 3.63) is 23.7 Å². The Morgan fingerprint density at radius 2 is 2.55 bits per heavy atom. The van der Waals surface area contributed by atoms with Gasteiger partial charge in [0.2, 0.25) is 0 Å². The van der Waals surface area contributed by atoms with E-state index in [1.165, 1.54) is 5.56 Å². The minimum absolute atomic E-state index is 0.326. The van der Waals surface area contributed by atoms with Crippen molar-refractivity contribution in [3.63, 3.8) is 0 Å². The fraction of sp³-hybridized carbons (Fsp3) is 0.500. The van der Waals surface area contributed by atoms with Crippen molar-refractivity contribution >= 4 is 0 Å². The van der Waals surface area contributed by atoms with E-state index in [1.807, 2.05) is 13.0 Å². The van der Waals surface area contributed by atoms with Crippen molar-refractivity contribution in [1.29, 1.82) is 0 Å². The minimum Gasteiger partial charge on any atom is -0.469 e. The highest BCUT2D eigenvalue weighted by Crippen LogP contribution is 2.22. The molecule has 0 aromatic carbocycles. The van der Waals surface area contributed by atoms with Gasteiger partial charge in [-0.05, 0) is 19.4 Å². The SMILES string of the molecule is Cc1cc(C2CCON2)co1. The van der Waals surface area contributed by atoms with Crippen molar-refractivity contribution in [1.82, 2.24) is 5.48 Å². The Bertz CT molecular complexity index is 238. The normalized spacial score (nSPS) is 24.3. The number of hydroxylamine groups is 1. The Balaban J connectivity index is 2.15. The highest BCUT2D eigenvalue weighted by Gasteiger charge is 2.18. The molecule has 1 atom stereocenters. The van der Waals surface area contributed by atoms with Gasteiger partial charge in [0.15, 0.2) is 0 Å². The largest absolute Gasteiger partial charge is 0.469 e. The summed E-state index contributed by atoms with van der Waals surface area (Å²) in [6.45, 7) is 2.73. The average Bonchev–Trinajstić information content (AvgIpc) is 2.55. The summed E-state index contributed by atoms with van der Waals surface area (Å²) in [5, 5.41) is 0. The first-order valence-electron chi connectivity index (χ1n) is 3.78. The monoisotopic (exact) mass is 153 g/mol. The quantitative estimate of drug-likeness (QED) is 0.664. The van der Waals surface area contributed by atoms with E-state index < -0.39 is 0 Å². The topological polar surface area (TPSA) is 34.4 Å². The van der Waals surface area contributed by atoms with Crippen molar-refractivity contribution < 1.29 is 9.25 Å². The Kier molecular flexibility index (Phi) is 1.68. The molecule has 2 heterocycles. The maximum Gasteiger partial charge on any atom is 0.101 e. The lowest BCUT2D eigenvalue weighted by Gasteiger charge is -2.02. The maximum absolute atomic E-state index is 5.18. The molecule has 1 unspecified atom stereocenters. The van der Waals surface area contributed by atoms with Gasteiger partial charge in [-0.1, -0.05) is 0 Å². The minimum atomic E-state index is 0.326. The van der Waals surface area contributed by atoms with Gasteiger partial charge in [0.05, 0.1) is 18.9 Å². The molecule has 2 rings (SSSR count). The Morgan fingerprint density at radius 3 is 3.09 bits per heavy atom. The summed E-state index contributed by atoms with van der Waals surface area (Å²) >= 11 is 0. The van der Waals surface area contributed by atoms with Crippen LogP contribution in [0.2, 0.25) is 0 Å². The number of furan rings is 1. The van der Waals surface area contributed by atoms with E-state index in [4.69, 9.17) is 9.25 Å². The number of hydrogen-bond acceptors (Lipinski definition) is 3. The van der Waals surface area contributed by atoms with Crippen LogP contribution in [0.4, 0.5) is 0 Å². The molecule has 60 valence electrons. The van der Waals surface area contributed by atoms with Gasteiger partial charge in [-0.3, -0.25) is 0 Å². The fourth-order valence-corrected chi connectivity index (χ4v) is 1.28. The lowest BCUT2D eigenvalue weighted by molar-refractivity contribution is 0.0882. The maximum atomic E-state index is 5.18. The van der Waals surface area contributed by atoms with Gasteiger partial charge in [0, 0.05) is 5.56 Å². The first-order valence-corrected chi connectivity index (χ1v) is 3.78. The molecule has 1 saturated heterocycles. The molecule has 1 aromatic rings. The lowest BCUT2D eigenvalue weighted by atomic mass is 10.1. The zero-order chi connectivity index (χ0) is 7.68. The Labute approximate surface area is 65.3 Å². The predicted molar refractivity (Wildman–Crippen MR) is 39.9 cm³/mol. The van der Waals surface area contributed by atoms with Crippen molar-refractivity contribution in [2.75, 3.05) is 6.61 Å². The predicted octanol–water partition coefficient (Wildman–Crippen LogP) is 1.55.